The number of amides is 1. The molecule has 104 valence electrons. The minimum atomic E-state index is -0.621. The predicted molar refractivity (Wildman–Crippen MR) is 76.1 cm³/mol. The van der Waals surface area contributed by atoms with E-state index >= 15 is 0 Å². The number of benzene rings is 1. The van der Waals surface area contributed by atoms with Gasteiger partial charge in [0, 0.05) is 0 Å². The van der Waals surface area contributed by atoms with Crippen molar-refractivity contribution in [3.05, 3.63) is 24.3 Å². The Morgan fingerprint density at radius 2 is 2.05 bits per heavy atom. The quantitative estimate of drug-likeness (QED) is 0.856. The predicted octanol–water partition coefficient (Wildman–Crippen LogP) is 2.40. The molecular formula is C15H22N2O2. The Balaban J connectivity index is 2.17. The fraction of sp³-hybridized carbons (Fsp3) is 0.533. The molecule has 0 bridgehead atoms. The van der Waals surface area contributed by atoms with Gasteiger partial charge in [0.1, 0.15) is 11.3 Å². The van der Waals surface area contributed by atoms with Crippen LogP contribution in [0.25, 0.3) is 0 Å². The van der Waals surface area contributed by atoms with E-state index in [1.807, 2.05) is 24.3 Å². The molecule has 1 aromatic carbocycles. The van der Waals surface area contributed by atoms with Gasteiger partial charge in [0.15, 0.2) is 0 Å². The second-order valence-corrected chi connectivity index (χ2v) is 5.68. The monoisotopic (exact) mass is 262 g/mol. The number of methoxy groups -OCH3 is 1. The van der Waals surface area contributed by atoms with Crippen molar-refractivity contribution in [3.8, 4) is 5.75 Å². The summed E-state index contributed by atoms with van der Waals surface area (Å²) in [6, 6.07) is 7.60. The van der Waals surface area contributed by atoms with E-state index in [1.54, 1.807) is 7.11 Å². The number of hydrogen-bond acceptors (Lipinski definition) is 3. The van der Waals surface area contributed by atoms with E-state index in [9.17, 15) is 4.79 Å². The minimum absolute atomic E-state index is 0.282. The highest BCUT2D eigenvalue weighted by molar-refractivity contribution is 5.89. The van der Waals surface area contributed by atoms with Gasteiger partial charge < -0.3 is 15.8 Å². The number of carbonyl (C=O) groups is 1. The number of ether oxygens (including phenoxy) is 1. The van der Waals surface area contributed by atoms with E-state index in [-0.39, 0.29) is 5.91 Å². The van der Waals surface area contributed by atoms with Crippen LogP contribution in [0.5, 0.6) is 5.75 Å². The molecule has 4 nitrogen and oxygen atoms in total. The lowest BCUT2D eigenvalue weighted by atomic mass is 9.63. The number of nitrogens with one attached hydrogen (secondary N) is 1. The van der Waals surface area contributed by atoms with Gasteiger partial charge in [-0.05, 0) is 36.8 Å². The Bertz CT molecular complexity index is 465. The first-order chi connectivity index (χ1) is 8.98. The third-order valence-corrected chi connectivity index (χ3v) is 4.12. The van der Waals surface area contributed by atoms with Crippen LogP contribution in [0, 0.1) is 11.8 Å². The summed E-state index contributed by atoms with van der Waals surface area (Å²) in [7, 11) is 1.62. The van der Waals surface area contributed by atoms with Gasteiger partial charge in [-0.25, -0.2) is 0 Å². The molecule has 0 heterocycles. The van der Waals surface area contributed by atoms with Crippen LogP contribution in [-0.4, -0.2) is 18.6 Å². The van der Waals surface area contributed by atoms with Crippen LogP contribution in [0.1, 0.15) is 26.7 Å². The maximum atomic E-state index is 11.8. The van der Waals surface area contributed by atoms with Crippen LogP contribution in [-0.2, 0) is 4.79 Å². The molecule has 1 aliphatic rings. The number of hydrogen-bond donors (Lipinski definition) is 2. The first-order valence-electron chi connectivity index (χ1n) is 6.69. The number of primary amides is 1. The largest absolute Gasteiger partial charge is 0.495 e. The highest BCUT2D eigenvalue weighted by atomic mass is 16.5. The fourth-order valence-corrected chi connectivity index (χ4v) is 2.68. The summed E-state index contributed by atoms with van der Waals surface area (Å²) in [5.41, 5.74) is 5.80. The molecule has 0 saturated heterocycles. The third-order valence-electron chi connectivity index (χ3n) is 4.12. The Morgan fingerprint density at radius 3 is 2.58 bits per heavy atom. The summed E-state index contributed by atoms with van der Waals surface area (Å²) in [6.07, 6.45) is 1.58. The molecule has 0 spiro atoms. The van der Waals surface area contributed by atoms with E-state index in [4.69, 9.17) is 10.5 Å². The summed E-state index contributed by atoms with van der Waals surface area (Å²) in [5.74, 6) is 1.58. The molecular weight excluding hydrogens is 240 g/mol. The molecule has 0 aromatic heterocycles. The molecule has 3 N–H and O–H groups in total. The van der Waals surface area contributed by atoms with Crippen LogP contribution < -0.4 is 15.8 Å². The van der Waals surface area contributed by atoms with Crippen molar-refractivity contribution in [2.45, 2.75) is 32.2 Å². The molecule has 0 aliphatic heterocycles. The van der Waals surface area contributed by atoms with E-state index in [0.717, 1.165) is 24.3 Å². The van der Waals surface area contributed by atoms with Crippen molar-refractivity contribution < 1.29 is 9.53 Å². The van der Waals surface area contributed by atoms with Crippen molar-refractivity contribution >= 4 is 11.6 Å². The maximum Gasteiger partial charge on any atom is 0.243 e. The van der Waals surface area contributed by atoms with Crippen molar-refractivity contribution in [2.75, 3.05) is 12.4 Å². The van der Waals surface area contributed by atoms with Crippen molar-refractivity contribution in [1.29, 1.82) is 0 Å². The lowest BCUT2D eigenvalue weighted by molar-refractivity contribution is -0.127. The summed E-state index contributed by atoms with van der Waals surface area (Å²) >= 11 is 0. The molecule has 1 fully saturated rings. The summed E-state index contributed by atoms with van der Waals surface area (Å²) < 4.78 is 5.30. The van der Waals surface area contributed by atoms with Crippen molar-refractivity contribution in [3.63, 3.8) is 0 Å². The van der Waals surface area contributed by atoms with Gasteiger partial charge in [-0.1, -0.05) is 26.0 Å². The zero-order valence-corrected chi connectivity index (χ0v) is 11.8. The second kappa shape index (κ2) is 5.11. The van der Waals surface area contributed by atoms with Crippen LogP contribution in [0.2, 0.25) is 0 Å². The summed E-state index contributed by atoms with van der Waals surface area (Å²) in [6.45, 7) is 4.36. The zero-order valence-electron chi connectivity index (χ0n) is 11.8. The van der Waals surface area contributed by atoms with Crippen LogP contribution in [0.4, 0.5) is 5.69 Å². The standard InChI is InChI=1S/C15H22N2O2/c1-10(2)11-8-15(9-11,14(16)18)17-12-6-4-5-7-13(12)19-3/h4-7,10-11,17H,8-9H2,1-3H3,(H2,16,18). The molecule has 0 atom stereocenters. The van der Waals surface area contributed by atoms with Gasteiger partial charge in [0.2, 0.25) is 5.91 Å². The van der Waals surface area contributed by atoms with Crippen LogP contribution in [0.3, 0.4) is 0 Å². The molecule has 1 amide bonds. The number of nitrogens with two attached hydrogens (primary N) is 1. The molecule has 0 unspecified atom stereocenters. The van der Waals surface area contributed by atoms with Crippen molar-refractivity contribution in [2.24, 2.45) is 17.6 Å². The lowest BCUT2D eigenvalue weighted by Crippen LogP contribution is -2.60. The average Bonchev–Trinajstić information content (AvgIpc) is 2.32. The Labute approximate surface area is 114 Å². The van der Waals surface area contributed by atoms with Gasteiger partial charge in [-0.2, -0.15) is 0 Å². The average molecular weight is 262 g/mol. The Morgan fingerprint density at radius 1 is 1.42 bits per heavy atom. The van der Waals surface area contributed by atoms with Gasteiger partial charge >= 0.3 is 0 Å². The molecule has 4 heteroatoms. The minimum Gasteiger partial charge on any atom is -0.495 e. The smallest absolute Gasteiger partial charge is 0.243 e. The molecule has 19 heavy (non-hydrogen) atoms. The molecule has 2 rings (SSSR count). The molecule has 1 aliphatic carbocycles. The van der Waals surface area contributed by atoms with Gasteiger partial charge in [-0.15, -0.1) is 0 Å². The number of anilines is 1. The van der Waals surface area contributed by atoms with E-state index < -0.39 is 5.54 Å². The number of carbonyl (C=O) groups excluding carboxylic acids is 1. The van der Waals surface area contributed by atoms with Gasteiger partial charge in [0.25, 0.3) is 0 Å². The third kappa shape index (κ3) is 2.53. The highest BCUT2D eigenvalue weighted by Crippen LogP contribution is 2.45. The van der Waals surface area contributed by atoms with Crippen LogP contribution in [0.15, 0.2) is 24.3 Å². The van der Waals surface area contributed by atoms with E-state index in [2.05, 4.69) is 19.2 Å². The van der Waals surface area contributed by atoms with Gasteiger partial charge in [-0.3, -0.25) is 4.79 Å². The van der Waals surface area contributed by atoms with E-state index in [1.165, 1.54) is 0 Å². The molecule has 1 saturated carbocycles. The Kier molecular flexibility index (Phi) is 3.69. The molecule has 1 aromatic rings. The lowest BCUT2D eigenvalue weighted by Gasteiger charge is -2.48. The topological polar surface area (TPSA) is 64.3 Å². The number of rotatable bonds is 5. The summed E-state index contributed by atoms with van der Waals surface area (Å²) in [4.78, 5) is 11.8. The number of para-hydroxylation sites is 2. The normalized spacial score (nSPS) is 25.8. The second-order valence-electron chi connectivity index (χ2n) is 5.68. The highest BCUT2D eigenvalue weighted by Gasteiger charge is 2.50. The van der Waals surface area contributed by atoms with Gasteiger partial charge in [0.05, 0.1) is 12.8 Å². The summed E-state index contributed by atoms with van der Waals surface area (Å²) in [5, 5.41) is 3.30. The van der Waals surface area contributed by atoms with E-state index in [0.29, 0.717) is 11.8 Å². The first kappa shape index (κ1) is 13.7. The fourth-order valence-electron chi connectivity index (χ4n) is 2.68. The zero-order chi connectivity index (χ0) is 14.0. The Hall–Kier alpha value is -1.71. The SMILES string of the molecule is COc1ccccc1NC1(C(N)=O)CC(C(C)C)C1. The molecule has 0 radical (unpaired) electrons. The first-order valence-corrected chi connectivity index (χ1v) is 6.69. The maximum absolute atomic E-state index is 11.8. The van der Waals surface area contributed by atoms with Crippen molar-refractivity contribution in [1.82, 2.24) is 0 Å². The van der Waals surface area contributed by atoms with Crippen LogP contribution >= 0.6 is 0 Å².